The Bertz CT molecular complexity index is 1420. The third kappa shape index (κ3) is 5.35. The van der Waals surface area contributed by atoms with E-state index in [1.807, 2.05) is 0 Å². The smallest absolute Gasteiger partial charge is 0.476 e. The maximum Gasteiger partial charge on any atom is 0.573 e. The summed E-state index contributed by atoms with van der Waals surface area (Å²) in [6.45, 7) is 0.658. The van der Waals surface area contributed by atoms with Crippen LogP contribution < -0.4 is 15.0 Å². The van der Waals surface area contributed by atoms with Crippen LogP contribution in [0.3, 0.4) is 0 Å². The highest BCUT2D eigenvalue weighted by molar-refractivity contribution is 6.29. The monoisotopic (exact) mass is 503 g/mol. The summed E-state index contributed by atoms with van der Waals surface area (Å²) in [7, 11) is 0. The van der Waals surface area contributed by atoms with Crippen LogP contribution in [0.2, 0.25) is 5.15 Å². The van der Waals surface area contributed by atoms with E-state index in [0.29, 0.717) is 41.1 Å². The van der Waals surface area contributed by atoms with Gasteiger partial charge >= 0.3 is 6.36 Å². The van der Waals surface area contributed by atoms with Gasteiger partial charge < -0.3 is 9.47 Å². The van der Waals surface area contributed by atoms with Crippen LogP contribution in [0.25, 0.3) is 22.0 Å². The van der Waals surface area contributed by atoms with E-state index < -0.39 is 6.36 Å². The normalized spacial score (nSPS) is 14.6. The number of ether oxygens (including phenoxy) is 2. The van der Waals surface area contributed by atoms with Gasteiger partial charge in [-0.1, -0.05) is 35.0 Å². The molecule has 2 aromatic heterocycles. The van der Waals surface area contributed by atoms with Gasteiger partial charge in [0, 0.05) is 11.5 Å². The Morgan fingerprint density at radius 1 is 0.971 bits per heavy atom. The van der Waals surface area contributed by atoms with Crippen LogP contribution in [0.15, 0.2) is 59.4 Å². The molecule has 0 aliphatic heterocycles. The topological polar surface area (TPSA) is 92.0 Å². The molecule has 0 atom stereocenters. The first-order valence-corrected chi connectivity index (χ1v) is 10.9. The maximum absolute atomic E-state index is 13.2. The number of hydrogen-bond donors (Lipinski definition) is 0. The van der Waals surface area contributed by atoms with E-state index in [2.05, 4.69) is 25.2 Å². The second kappa shape index (κ2) is 8.81. The number of alkyl halides is 3. The minimum atomic E-state index is -4.76. The van der Waals surface area contributed by atoms with Crippen LogP contribution in [-0.2, 0) is 6.54 Å². The number of halogens is 4. The van der Waals surface area contributed by atoms with E-state index in [1.54, 1.807) is 30.3 Å². The van der Waals surface area contributed by atoms with E-state index in [-0.39, 0.29) is 21.9 Å². The molecule has 0 N–H and O–H groups in total. The SMILES string of the molecule is O=c1c2cc(-c3ccc(OC(F)(F)F)cc3)ccc2nnn1CC1(COc2ccc(Cl)nn2)CC1. The molecular weight excluding hydrogens is 487 g/mol. The lowest BCUT2D eigenvalue weighted by atomic mass is 10.0. The Hall–Kier alpha value is -3.73. The lowest BCUT2D eigenvalue weighted by Crippen LogP contribution is -2.30. The van der Waals surface area contributed by atoms with Crippen LogP contribution in [0.1, 0.15) is 12.8 Å². The van der Waals surface area contributed by atoms with E-state index in [1.165, 1.54) is 28.9 Å². The molecule has 2 aromatic carbocycles. The number of fused-ring (bicyclic) bond motifs is 1. The summed E-state index contributed by atoms with van der Waals surface area (Å²) in [5, 5.41) is 16.5. The van der Waals surface area contributed by atoms with Crippen molar-refractivity contribution in [3.63, 3.8) is 0 Å². The number of nitrogens with zero attached hydrogens (tertiary/aromatic N) is 5. The molecule has 2 heterocycles. The van der Waals surface area contributed by atoms with Crippen molar-refractivity contribution >= 4 is 22.5 Å². The standard InChI is InChI=1S/C23H17ClF3N5O3/c24-19-7-8-20(30-29-19)34-13-22(9-10-22)12-32-21(33)17-11-15(3-6-18(17)28-31-32)14-1-4-16(5-2-14)35-23(25,26)27/h1-8,11H,9-10,12-13H2. The van der Waals surface area contributed by atoms with Gasteiger partial charge in [-0.05, 0) is 54.3 Å². The number of hydrogen-bond acceptors (Lipinski definition) is 7. The largest absolute Gasteiger partial charge is 0.573 e. The van der Waals surface area contributed by atoms with Gasteiger partial charge in [-0.2, -0.15) is 0 Å². The van der Waals surface area contributed by atoms with E-state index in [4.69, 9.17) is 16.3 Å². The van der Waals surface area contributed by atoms with Gasteiger partial charge in [-0.25, -0.2) is 4.68 Å². The summed E-state index contributed by atoms with van der Waals surface area (Å²) in [6, 6.07) is 13.7. The van der Waals surface area contributed by atoms with E-state index in [9.17, 15) is 18.0 Å². The molecule has 0 amide bonds. The van der Waals surface area contributed by atoms with Crippen molar-refractivity contribution in [1.29, 1.82) is 0 Å². The first-order chi connectivity index (χ1) is 16.7. The van der Waals surface area contributed by atoms with Gasteiger partial charge in [0.25, 0.3) is 5.56 Å². The summed E-state index contributed by atoms with van der Waals surface area (Å²) in [4.78, 5) is 13.2. The minimum Gasteiger partial charge on any atom is -0.476 e. The summed E-state index contributed by atoms with van der Waals surface area (Å²) in [6.07, 6.45) is -3.06. The molecule has 4 aromatic rings. The molecule has 35 heavy (non-hydrogen) atoms. The average Bonchev–Trinajstić information content (AvgIpc) is 3.60. The van der Waals surface area contributed by atoms with Crippen molar-refractivity contribution in [3.8, 4) is 22.8 Å². The van der Waals surface area contributed by atoms with Crippen molar-refractivity contribution in [1.82, 2.24) is 25.2 Å². The number of benzene rings is 2. The molecule has 0 bridgehead atoms. The molecule has 0 unspecified atom stereocenters. The average molecular weight is 504 g/mol. The molecule has 1 aliphatic rings. The Morgan fingerprint density at radius 3 is 2.37 bits per heavy atom. The summed E-state index contributed by atoms with van der Waals surface area (Å²) < 4.78 is 48.2. The summed E-state index contributed by atoms with van der Waals surface area (Å²) in [5.41, 5.74) is 1.12. The second-order valence-corrected chi connectivity index (χ2v) is 8.73. The first kappa shape index (κ1) is 23.0. The van der Waals surface area contributed by atoms with Crippen LogP contribution >= 0.6 is 11.6 Å². The first-order valence-electron chi connectivity index (χ1n) is 10.6. The zero-order chi connectivity index (χ0) is 24.6. The molecular formula is C23H17ClF3N5O3. The van der Waals surface area contributed by atoms with Gasteiger partial charge in [0.1, 0.15) is 11.3 Å². The Kier molecular flexibility index (Phi) is 5.79. The molecule has 12 heteroatoms. The lowest BCUT2D eigenvalue weighted by Gasteiger charge is -2.16. The number of aromatic nitrogens is 5. The molecule has 180 valence electrons. The molecule has 0 saturated heterocycles. The van der Waals surface area contributed by atoms with Crippen molar-refractivity contribution in [2.75, 3.05) is 6.61 Å². The summed E-state index contributed by atoms with van der Waals surface area (Å²) >= 11 is 5.74. The van der Waals surface area contributed by atoms with E-state index >= 15 is 0 Å². The van der Waals surface area contributed by atoms with Gasteiger partial charge in [0.15, 0.2) is 5.15 Å². The van der Waals surface area contributed by atoms with Gasteiger partial charge in [0.2, 0.25) is 5.88 Å². The Morgan fingerprint density at radius 2 is 1.71 bits per heavy atom. The van der Waals surface area contributed by atoms with Crippen molar-refractivity contribution in [3.05, 3.63) is 70.1 Å². The van der Waals surface area contributed by atoms with Crippen molar-refractivity contribution in [2.24, 2.45) is 5.41 Å². The zero-order valence-electron chi connectivity index (χ0n) is 18.0. The van der Waals surface area contributed by atoms with Crippen LogP contribution in [0.5, 0.6) is 11.6 Å². The Labute approximate surface area is 201 Å². The molecule has 8 nitrogen and oxygen atoms in total. The Balaban J connectivity index is 1.35. The third-order valence-corrected chi connectivity index (χ3v) is 5.92. The molecule has 1 saturated carbocycles. The molecule has 5 rings (SSSR count). The fourth-order valence-corrected chi connectivity index (χ4v) is 3.76. The lowest BCUT2D eigenvalue weighted by molar-refractivity contribution is -0.274. The second-order valence-electron chi connectivity index (χ2n) is 8.34. The van der Waals surface area contributed by atoms with Crippen molar-refractivity contribution in [2.45, 2.75) is 25.7 Å². The fourth-order valence-electron chi connectivity index (χ4n) is 3.66. The molecule has 1 aliphatic carbocycles. The third-order valence-electron chi connectivity index (χ3n) is 5.72. The summed E-state index contributed by atoms with van der Waals surface area (Å²) in [5.74, 6) is 0.0192. The van der Waals surface area contributed by atoms with Crippen LogP contribution in [0, 0.1) is 5.41 Å². The molecule has 0 radical (unpaired) electrons. The quantitative estimate of drug-likeness (QED) is 0.362. The highest BCUT2D eigenvalue weighted by atomic mass is 35.5. The predicted molar refractivity (Wildman–Crippen MR) is 120 cm³/mol. The van der Waals surface area contributed by atoms with Gasteiger partial charge in [-0.3, -0.25) is 4.79 Å². The number of rotatable bonds is 7. The predicted octanol–water partition coefficient (Wildman–Crippen LogP) is 4.66. The zero-order valence-corrected chi connectivity index (χ0v) is 18.8. The van der Waals surface area contributed by atoms with Crippen LogP contribution in [0.4, 0.5) is 13.2 Å². The molecule has 1 fully saturated rings. The fraction of sp³-hybridized carbons (Fsp3) is 0.261. The van der Waals surface area contributed by atoms with Crippen LogP contribution in [-0.4, -0.2) is 38.2 Å². The molecule has 0 spiro atoms. The maximum atomic E-state index is 13.2. The highest BCUT2D eigenvalue weighted by Crippen LogP contribution is 2.47. The van der Waals surface area contributed by atoms with Gasteiger partial charge in [0.05, 0.1) is 18.5 Å². The van der Waals surface area contributed by atoms with E-state index in [0.717, 1.165) is 12.8 Å². The minimum absolute atomic E-state index is 0.264. The highest BCUT2D eigenvalue weighted by Gasteiger charge is 2.45. The van der Waals surface area contributed by atoms with Crippen molar-refractivity contribution < 1.29 is 22.6 Å². The van der Waals surface area contributed by atoms with Gasteiger partial charge in [-0.15, -0.1) is 28.5 Å².